The van der Waals surface area contributed by atoms with Gasteiger partial charge in [0.1, 0.15) is 0 Å². The standard InChI is InChI=1S/C14H22N2O2S/c1-11(12-5-3-8-19-12)9-15-13(17)16-10-14(18-2)6-4-7-14/h3,5,8,11H,4,6-7,9-10H2,1-2H3,(H2,15,16,17)/t11-/m1/s1. The Morgan fingerprint density at radius 1 is 1.53 bits per heavy atom. The Balaban J connectivity index is 1.67. The smallest absolute Gasteiger partial charge is 0.314 e. The summed E-state index contributed by atoms with van der Waals surface area (Å²) in [5, 5.41) is 7.88. The van der Waals surface area contributed by atoms with Gasteiger partial charge in [-0.25, -0.2) is 4.79 Å². The first-order chi connectivity index (χ1) is 9.15. The summed E-state index contributed by atoms with van der Waals surface area (Å²) in [6.45, 7) is 3.38. The quantitative estimate of drug-likeness (QED) is 0.843. The van der Waals surface area contributed by atoms with E-state index in [4.69, 9.17) is 4.74 Å². The summed E-state index contributed by atoms with van der Waals surface area (Å²) in [6.07, 6.45) is 3.26. The summed E-state index contributed by atoms with van der Waals surface area (Å²) < 4.78 is 5.47. The maximum atomic E-state index is 11.7. The molecule has 5 heteroatoms. The molecule has 2 amide bonds. The lowest BCUT2D eigenvalue weighted by Crippen LogP contribution is -2.51. The first-order valence-electron chi connectivity index (χ1n) is 6.75. The highest BCUT2D eigenvalue weighted by Crippen LogP contribution is 2.34. The molecule has 1 saturated carbocycles. The number of carbonyl (C=O) groups excluding carboxylic acids is 1. The number of ether oxygens (including phenoxy) is 1. The van der Waals surface area contributed by atoms with Crippen molar-refractivity contribution in [3.8, 4) is 0 Å². The van der Waals surface area contributed by atoms with E-state index in [1.165, 1.54) is 11.3 Å². The Morgan fingerprint density at radius 3 is 2.84 bits per heavy atom. The molecule has 19 heavy (non-hydrogen) atoms. The van der Waals surface area contributed by atoms with Crippen LogP contribution in [-0.4, -0.2) is 31.8 Å². The number of hydrogen-bond donors (Lipinski definition) is 2. The van der Waals surface area contributed by atoms with E-state index >= 15 is 0 Å². The molecule has 0 unspecified atom stereocenters. The summed E-state index contributed by atoms with van der Waals surface area (Å²) in [5.74, 6) is 0.353. The number of urea groups is 1. The number of rotatable bonds is 6. The monoisotopic (exact) mass is 282 g/mol. The molecule has 1 aromatic heterocycles. The number of thiophene rings is 1. The average Bonchev–Trinajstić information content (AvgIpc) is 2.89. The lowest BCUT2D eigenvalue weighted by Gasteiger charge is -2.40. The fourth-order valence-electron chi connectivity index (χ4n) is 2.25. The van der Waals surface area contributed by atoms with Crippen molar-refractivity contribution in [1.29, 1.82) is 0 Å². The van der Waals surface area contributed by atoms with Crippen LogP contribution in [0.3, 0.4) is 0 Å². The Bertz CT molecular complexity index is 396. The van der Waals surface area contributed by atoms with Gasteiger partial charge in [-0.05, 0) is 30.7 Å². The van der Waals surface area contributed by atoms with Gasteiger partial charge in [0.2, 0.25) is 0 Å². The van der Waals surface area contributed by atoms with Crippen LogP contribution in [0.1, 0.15) is 37.0 Å². The van der Waals surface area contributed by atoms with Crippen LogP contribution < -0.4 is 10.6 Å². The van der Waals surface area contributed by atoms with Crippen LogP contribution in [0, 0.1) is 0 Å². The minimum absolute atomic E-state index is 0.105. The minimum atomic E-state index is -0.114. The van der Waals surface area contributed by atoms with Crippen molar-refractivity contribution in [2.24, 2.45) is 0 Å². The lowest BCUT2D eigenvalue weighted by molar-refractivity contribution is -0.0673. The normalized spacial score (nSPS) is 18.4. The second-order valence-corrected chi connectivity index (χ2v) is 6.20. The van der Waals surface area contributed by atoms with Gasteiger partial charge >= 0.3 is 6.03 Å². The van der Waals surface area contributed by atoms with Crippen molar-refractivity contribution in [3.63, 3.8) is 0 Å². The molecular formula is C14H22N2O2S. The molecule has 1 heterocycles. The zero-order chi connectivity index (χ0) is 13.7. The van der Waals surface area contributed by atoms with Gasteiger partial charge in [-0.2, -0.15) is 0 Å². The maximum absolute atomic E-state index is 11.7. The van der Waals surface area contributed by atoms with Crippen molar-refractivity contribution in [3.05, 3.63) is 22.4 Å². The van der Waals surface area contributed by atoms with E-state index in [1.54, 1.807) is 18.4 Å². The highest BCUT2D eigenvalue weighted by molar-refractivity contribution is 7.10. The molecular weight excluding hydrogens is 260 g/mol. The molecule has 4 nitrogen and oxygen atoms in total. The molecule has 106 valence electrons. The third-order valence-corrected chi connectivity index (χ3v) is 4.97. The largest absolute Gasteiger partial charge is 0.376 e. The van der Waals surface area contributed by atoms with E-state index in [-0.39, 0.29) is 11.6 Å². The molecule has 0 radical (unpaired) electrons. The van der Waals surface area contributed by atoms with Crippen LogP contribution in [-0.2, 0) is 4.74 Å². The topological polar surface area (TPSA) is 50.4 Å². The van der Waals surface area contributed by atoms with Crippen LogP contribution in [0.4, 0.5) is 4.79 Å². The molecule has 0 bridgehead atoms. The van der Waals surface area contributed by atoms with Crippen LogP contribution in [0.5, 0.6) is 0 Å². The van der Waals surface area contributed by atoms with Gasteiger partial charge in [0, 0.05) is 31.0 Å². The van der Waals surface area contributed by atoms with Gasteiger partial charge in [-0.15, -0.1) is 11.3 Å². The summed E-state index contributed by atoms with van der Waals surface area (Å²) in [6, 6.07) is 4.03. The number of nitrogens with one attached hydrogen (secondary N) is 2. The van der Waals surface area contributed by atoms with Gasteiger partial charge in [0.25, 0.3) is 0 Å². The summed E-state index contributed by atoms with van der Waals surface area (Å²) in [4.78, 5) is 13.0. The molecule has 1 aliphatic carbocycles. The molecule has 0 saturated heterocycles. The second kappa shape index (κ2) is 6.39. The number of carbonyl (C=O) groups is 1. The number of hydrogen-bond acceptors (Lipinski definition) is 3. The SMILES string of the molecule is COC1(CNC(=O)NC[C@@H](C)c2cccs2)CCC1. The van der Waals surface area contributed by atoms with Crippen molar-refractivity contribution >= 4 is 17.4 Å². The molecule has 2 rings (SSSR count). The highest BCUT2D eigenvalue weighted by atomic mass is 32.1. The van der Waals surface area contributed by atoms with Gasteiger partial charge in [-0.3, -0.25) is 0 Å². The van der Waals surface area contributed by atoms with Gasteiger partial charge in [0.15, 0.2) is 0 Å². The molecule has 1 fully saturated rings. The van der Waals surface area contributed by atoms with Crippen LogP contribution in [0.15, 0.2) is 17.5 Å². The Labute approximate surface area is 118 Å². The van der Waals surface area contributed by atoms with Gasteiger partial charge in [-0.1, -0.05) is 13.0 Å². The van der Waals surface area contributed by atoms with Crippen molar-refractivity contribution in [2.75, 3.05) is 20.2 Å². The number of methoxy groups -OCH3 is 1. The second-order valence-electron chi connectivity index (χ2n) is 5.22. The predicted molar refractivity (Wildman–Crippen MR) is 77.7 cm³/mol. The first-order valence-corrected chi connectivity index (χ1v) is 7.63. The molecule has 0 spiro atoms. The summed E-state index contributed by atoms with van der Waals surface area (Å²) in [5.41, 5.74) is -0.114. The van der Waals surface area contributed by atoms with E-state index in [9.17, 15) is 4.79 Å². The van der Waals surface area contributed by atoms with E-state index in [1.807, 2.05) is 6.07 Å². The first kappa shape index (κ1) is 14.3. The third-order valence-electron chi connectivity index (χ3n) is 3.87. The van der Waals surface area contributed by atoms with Crippen molar-refractivity contribution < 1.29 is 9.53 Å². The van der Waals surface area contributed by atoms with Crippen LogP contribution in [0.2, 0.25) is 0 Å². The third kappa shape index (κ3) is 3.70. The molecule has 1 aromatic rings. The van der Waals surface area contributed by atoms with E-state index in [0.29, 0.717) is 19.0 Å². The molecule has 2 N–H and O–H groups in total. The maximum Gasteiger partial charge on any atom is 0.314 e. The minimum Gasteiger partial charge on any atom is -0.376 e. The lowest BCUT2D eigenvalue weighted by atomic mass is 9.80. The Hall–Kier alpha value is -1.07. The summed E-state index contributed by atoms with van der Waals surface area (Å²) >= 11 is 1.72. The molecule has 0 aliphatic heterocycles. The van der Waals surface area contributed by atoms with Crippen LogP contribution >= 0.6 is 11.3 Å². The molecule has 0 aromatic carbocycles. The Kier molecular flexibility index (Phi) is 4.82. The highest BCUT2D eigenvalue weighted by Gasteiger charge is 2.37. The van der Waals surface area contributed by atoms with Gasteiger partial charge < -0.3 is 15.4 Å². The van der Waals surface area contributed by atoms with Gasteiger partial charge in [0.05, 0.1) is 5.60 Å². The zero-order valence-electron chi connectivity index (χ0n) is 11.6. The fourth-order valence-corrected chi connectivity index (χ4v) is 3.03. The number of amides is 2. The molecule has 1 aliphatic rings. The van der Waals surface area contributed by atoms with Crippen LogP contribution in [0.25, 0.3) is 0 Å². The Morgan fingerprint density at radius 2 is 2.32 bits per heavy atom. The average molecular weight is 282 g/mol. The van der Waals surface area contributed by atoms with E-state index in [0.717, 1.165) is 12.8 Å². The van der Waals surface area contributed by atoms with Crippen molar-refractivity contribution in [1.82, 2.24) is 10.6 Å². The zero-order valence-corrected chi connectivity index (χ0v) is 12.4. The summed E-state index contributed by atoms with van der Waals surface area (Å²) in [7, 11) is 1.72. The fraction of sp³-hybridized carbons (Fsp3) is 0.643. The van der Waals surface area contributed by atoms with Crippen molar-refractivity contribution in [2.45, 2.75) is 37.7 Å². The molecule has 1 atom stereocenters. The predicted octanol–water partition coefficient (Wildman–Crippen LogP) is 2.72. The van der Waals surface area contributed by atoms with E-state index in [2.05, 4.69) is 29.0 Å². The van der Waals surface area contributed by atoms with E-state index < -0.39 is 0 Å².